The molecule has 21 heavy (non-hydrogen) atoms. The molecule has 0 aliphatic heterocycles. The van der Waals surface area contributed by atoms with Gasteiger partial charge in [0.05, 0.1) is 26.3 Å². The number of hydrogen-bond donors (Lipinski definition) is 1. The van der Waals surface area contributed by atoms with Gasteiger partial charge in [0.2, 0.25) is 0 Å². The molecule has 1 heterocycles. The maximum absolute atomic E-state index is 13.6. The van der Waals surface area contributed by atoms with Crippen molar-refractivity contribution in [3.05, 3.63) is 35.1 Å². The number of benzene rings is 1. The van der Waals surface area contributed by atoms with Crippen LogP contribution in [0.2, 0.25) is 0 Å². The van der Waals surface area contributed by atoms with Crippen molar-refractivity contribution >= 4 is 28.1 Å². The van der Waals surface area contributed by atoms with Gasteiger partial charge in [-0.1, -0.05) is 0 Å². The number of thiazole rings is 1. The Labute approximate surface area is 125 Å². The lowest BCUT2D eigenvalue weighted by atomic mass is 10.2. The van der Waals surface area contributed by atoms with Gasteiger partial charge in [0.1, 0.15) is 0 Å². The van der Waals surface area contributed by atoms with Crippen molar-refractivity contribution in [1.82, 2.24) is 4.98 Å². The Morgan fingerprint density at radius 2 is 2.24 bits per heavy atom. The number of carbonyl (C=O) groups is 1. The first kappa shape index (κ1) is 15.2. The molecule has 0 saturated carbocycles. The average molecular weight is 310 g/mol. The third kappa shape index (κ3) is 4.16. The fourth-order valence-electron chi connectivity index (χ4n) is 1.68. The van der Waals surface area contributed by atoms with Gasteiger partial charge in [0.25, 0.3) is 0 Å². The summed E-state index contributed by atoms with van der Waals surface area (Å²) in [5.41, 5.74) is 1.38. The van der Waals surface area contributed by atoms with E-state index in [2.05, 4.69) is 15.0 Å². The number of anilines is 2. The van der Waals surface area contributed by atoms with E-state index in [0.29, 0.717) is 17.2 Å². The number of esters is 1. The van der Waals surface area contributed by atoms with Crippen molar-refractivity contribution in [2.75, 3.05) is 19.5 Å². The van der Waals surface area contributed by atoms with Crippen LogP contribution in [0.25, 0.3) is 0 Å². The fourth-order valence-corrected chi connectivity index (χ4v) is 2.44. The predicted molar refractivity (Wildman–Crippen MR) is 78.7 cm³/mol. The van der Waals surface area contributed by atoms with E-state index < -0.39 is 5.82 Å². The number of hydrogen-bond acceptors (Lipinski definition) is 6. The summed E-state index contributed by atoms with van der Waals surface area (Å²) in [6.45, 7) is 0. The van der Waals surface area contributed by atoms with Crippen molar-refractivity contribution in [3.63, 3.8) is 0 Å². The molecule has 0 fully saturated rings. The van der Waals surface area contributed by atoms with Crippen molar-refractivity contribution in [2.24, 2.45) is 0 Å². The number of rotatable bonds is 6. The third-order valence-corrected chi connectivity index (χ3v) is 3.57. The molecule has 0 amide bonds. The van der Waals surface area contributed by atoms with Crippen LogP contribution in [0.1, 0.15) is 12.1 Å². The first-order valence-electron chi connectivity index (χ1n) is 6.24. The SMILES string of the molecule is COC(=O)CCc1csc(Nc2ccc(OC)c(F)c2)n1. The Hall–Kier alpha value is -2.15. The summed E-state index contributed by atoms with van der Waals surface area (Å²) >= 11 is 1.39. The largest absolute Gasteiger partial charge is 0.494 e. The lowest BCUT2D eigenvalue weighted by Gasteiger charge is -2.05. The number of carbonyl (C=O) groups excluding carboxylic acids is 1. The van der Waals surface area contributed by atoms with Crippen LogP contribution in [0.3, 0.4) is 0 Å². The second-order valence-corrected chi connectivity index (χ2v) is 5.05. The van der Waals surface area contributed by atoms with Crippen molar-refractivity contribution in [3.8, 4) is 5.75 Å². The molecule has 0 spiro atoms. The van der Waals surface area contributed by atoms with Crippen LogP contribution in [-0.2, 0) is 16.0 Å². The lowest BCUT2D eigenvalue weighted by molar-refractivity contribution is -0.140. The van der Waals surface area contributed by atoms with E-state index in [1.165, 1.54) is 31.6 Å². The smallest absolute Gasteiger partial charge is 0.305 e. The van der Waals surface area contributed by atoms with Gasteiger partial charge < -0.3 is 14.8 Å². The molecule has 2 aromatic rings. The number of nitrogens with one attached hydrogen (secondary N) is 1. The van der Waals surface area contributed by atoms with Gasteiger partial charge in [-0.25, -0.2) is 9.37 Å². The van der Waals surface area contributed by atoms with Crippen LogP contribution in [0.4, 0.5) is 15.2 Å². The highest BCUT2D eigenvalue weighted by Gasteiger charge is 2.08. The molecule has 2 rings (SSSR count). The maximum Gasteiger partial charge on any atom is 0.305 e. The van der Waals surface area contributed by atoms with Crippen molar-refractivity contribution in [2.45, 2.75) is 12.8 Å². The molecular weight excluding hydrogens is 295 g/mol. The van der Waals surface area contributed by atoms with Crippen LogP contribution in [0, 0.1) is 5.82 Å². The summed E-state index contributed by atoms with van der Waals surface area (Å²) in [5, 5.41) is 5.50. The minimum atomic E-state index is -0.440. The number of aromatic nitrogens is 1. The van der Waals surface area contributed by atoms with Crippen molar-refractivity contribution < 1.29 is 18.7 Å². The first-order chi connectivity index (χ1) is 10.1. The number of methoxy groups -OCH3 is 2. The molecule has 7 heteroatoms. The van der Waals surface area contributed by atoms with Gasteiger partial charge in [0.15, 0.2) is 16.7 Å². The van der Waals surface area contributed by atoms with Crippen LogP contribution in [0.5, 0.6) is 5.75 Å². The Balaban J connectivity index is 1.99. The van der Waals surface area contributed by atoms with Crippen LogP contribution < -0.4 is 10.1 Å². The monoisotopic (exact) mass is 310 g/mol. The van der Waals surface area contributed by atoms with Crippen LogP contribution in [-0.4, -0.2) is 25.2 Å². The summed E-state index contributed by atoms with van der Waals surface area (Å²) in [6, 6.07) is 4.59. The minimum absolute atomic E-state index is 0.193. The molecule has 0 bridgehead atoms. The van der Waals surface area contributed by atoms with Crippen molar-refractivity contribution in [1.29, 1.82) is 0 Å². The number of nitrogens with zero attached hydrogens (tertiary/aromatic N) is 1. The Morgan fingerprint density at radius 3 is 2.90 bits per heavy atom. The molecule has 0 aliphatic rings. The second kappa shape index (κ2) is 7.03. The number of ether oxygens (including phenoxy) is 2. The highest BCUT2D eigenvalue weighted by atomic mass is 32.1. The zero-order valence-electron chi connectivity index (χ0n) is 11.7. The Bertz CT molecular complexity index is 630. The standard InChI is InChI=1S/C14H15FN2O3S/c1-19-12-5-3-9(7-11(12)15)16-14-17-10(8-21-14)4-6-13(18)20-2/h3,5,7-8H,4,6H2,1-2H3,(H,16,17). The zero-order valence-corrected chi connectivity index (χ0v) is 12.5. The van der Waals surface area contributed by atoms with Gasteiger partial charge in [-0.2, -0.15) is 0 Å². The topological polar surface area (TPSA) is 60.5 Å². The molecular formula is C14H15FN2O3S. The summed E-state index contributed by atoms with van der Waals surface area (Å²) in [4.78, 5) is 15.4. The maximum atomic E-state index is 13.6. The molecule has 5 nitrogen and oxygen atoms in total. The molecule has 0 atom stereocenters. The summed E-state index contributed by atoms with van der Waals surface area (Å²) < 4.78 is 23.0. The molecule has 112 valence electrons. The van der Waals surface area contributed by atoms with E-state index in [1.807, 2.05) is 5.38 Å². The highest BCUT2D eigenvalue weighted by Crippen LogP contribution is 2.25. The van der Waals surface area contributed by atoms with Gasteiger partial charge in [0, 0.05) is 23.6 Å². The minimum Gasteiger partial charge on any atom is -0.494 e. The first-order valence-corrected chi connectivity index (χ1v) is 7.12. The van der Waals surface area contributed by atoms with E-state index in [4.69, 9.17) is 4.74 Å². The molecule has 1 aromatic carbocycles. The molecule has 1 aromatic heterocycles. The average Bonchev–Trinajstić information content (AvgIpc) is 2.92. The van der Waals surface area contributed by atoms with Gasteiger partial charge in [-0.05, 0) is 12.1 Å². The number of aryl methyl sites for hydroxylation is 1. The highest BCUT2D eigenvalue weighted by molar-refractivity contribution is 7.13. The zero-order chi connectivity index (χ0) is 15.2. The Morgan fingerprint density at radius 1 is 1.43 bits per heavy atom. The van der Waals surface area contributed by atoms with E-state index in [-0.39, 0.29) is 18.1 Å². The number of halogens is 1. The summed E-state index contributed by atoms with van der Waals surface area (Å²) in [7, 11) is 2.77. The lowest BCUT2D eigenvalue weighted by Crippen LogP contribution is -2.02. The van der Waals surface area contributed by atoms with E-state index in [9.17, 15) is 9.18 Å². The predicted octanol–water partition coefficient (Wildman–Crippen LogP) is 3.14. The third-order valence-electron chi connectivity index (χ3n) is 2.77. The molecule has 0 saturated heterocycles. The molecule has 0 unspecified atom stereocenters. The van der Waals surface area contributed by atoms with Crippen LogP contribution >= 0.6 is 11.3 Å². The normalized spacial score (nSPS) is 10.2. The van der Waals surface area contributed by atoms with Gasteiger partial charge in [-0.3, -0.25) is 4.79 Å². The van der Waals surface area contributed by atoms with E-state index in [0.717, 1.165) is 5.69 Å². The van der Waals surface area contributed by atoms with Gasteiger partial charge >= 0.3 is 5.97 Å². The fraction of sp³-hybridized carbons (Fsp3) is 0.286. The van der Waals surface area contributed by atoms with Gasteiger partial charge in [-0.15, -0.1) is 11.3 Å². The van der Waals surface area contributed by atoms with E-state index >= 15 is 0 Å². The Kier molecular flexibility index (Phi) is 5.10. The molecule has 1 N–H and O–H groups in total. The van der Waals surface area contributed by atoms with E-state index in [1.54, 1.807) is 12.1 Å². The second-order valence-electron chi connectivity index (χ2n) is 4.19. The summed E-state index contributed by atoms with van der Waals surface area (Å²) in [5.74, 6) is -0.516. The van der Waals surface area contributed by atoms with Crippen LogP contribution in [0.15, 0.2) is 23.6 Å². The quantitative estimate of drug-likeness (QED) is 0.831. The molecule has 0 aliphatic carbocycles. The summed E-state index contributed by atoms with van der Waals surface area (Å²) in [6.07, 6.45) is 0.804. The molecule has 0 radical (unpaired) electrons.